The van der Waals surface area contributed by atoms with E-state index in [-0.39, 0.29) is 35.3 Å². The van der Waals surface area contributed by atoms with Crippen molar-refractivity contribution in [1.29, 1.82) is 0 Å². The Morgan fingerprint density at radius 3 is 2.29 bits per heavy atom. The molecule has 0 saturated carbocycles. The van der Waals surface area contributed by atoms with E-state index in [0.29, 0.717) is 0 Å². The molecule has 6 heteroatoms. The Bertz CT molecular complexity index is 680. The Hall–Kier alpha value is -2.47. The summed E-state index contributed by atoms with van der Waals surface area (Å²) in [6, 6.07) is 5.67. The summed E-state index contributed by atoms with van der Waals surface area (Å²) in [7, 11) is 0. The van der Waals surface area contributed by atoms with Crippen LogP contribution in [0.3, 0.4) is 0 Å². The van der Waals surface area contributed by atoms with Crippen molar-refractivity contribution in [2.75, 3.05) is 4.90 Å². The number of hydrogen-bond acceptors (Lipinski definition) is 5. The van der Waals surface area contributed by atoms with Gasteiger partial charge in [0.2, 0.25) is 11.8 Å². The molecule has 21 heavy (non-hydrogen) atoms. The number of anilines is 1. The van der Waals surface area contributed by atoms with Gasteiger partial charge < -0.3 is 14.6 Å². The number of carboxylic acids is 1. The van der Waals surface area contributed by atoms with Gasteiger partial charge in [-0.2, -0.15) is 0 Å². The lowest BCUT2D eigenvalue weighted by Gasteiger charge is -2.18. The minimum atomic E-state index is -1.35. The van der Waals surface area contributed by atoms with Crippen molar-refractivity contribution in [3.8, 4) is 0 Å². The van der Waals surface area contributed by atoms with E-state index in [2.05, 4.69) is 0 Å². The van der Waals surface area contributed by atoms with E-state index in [4.69, 9.17) is 4.74 Å². The van der Waals surface area contributed by atoms with E-state index < -0.39 is 17.8 Å². The molecule has 6 nitrogen and oxygen atoms in total. The summed E-state index contributed by atoms with van der Waals surface area (Å²) in [4.78, 5) is 37.0. The predicted octanol–water partition coefficient (Wildman–Crippen LogP) is -0.507. The third-order valence-electron chi connectivity index (χ3n) is 4.25. The molecule has 3 aliphatic heterocycles. The van der Waals surface area contributed by atoms with Crippen LogP contribution in [0.4, 0.5) is 5.69 Å². The second-order valence-corrected chi connectivity index (χ2v) is 5.35. The molecule has 4 atom stereocenters. The molecule has 0 radical (unpaired) electrons. The first kappa shape index (κ1) is 12.3. The van der Waals surface area contributed by atoms with Crippen LogP contribution in [0, 0.1) is 11.8 Å². The topological polar surface area (TPSA) is 86.7 Å². The summed E-state index contributed by atoms with van der Waals surface area (Å²) in [5, 5.41) is 10.9. The number of ether oxygens (including phenoxy) is 1. The molecule has 0 unspecified atom stereocenters. The first-order chi connectivity index (χ1) is 10.1. The van der Waals surface area contributed by atoms with Crippen molar-refractivity contribution in [2.45, 2.75) is 12.2 Å². The molecule has 0 spiro atoms. The Balaban J connectivity index is 1.74. The Kier molecular flexibility index (Phi) is 2.35. The van der Waals surface area contributed by atoms with Crippen molar-refractivity contribution in [3.63, 3.8) is 0 Å². The van der Waals surface area contributed by atoms with Crippen LogP contribution >= 0.6 is 0 Å². The highest BCUT2D eigenvalue weighted by Crippen LogP contribution is 2.46. The minimum absolute atomic E-state index is 0.0671. The Morgan fingerprint density at radius 2 is 1.71 bits per heavy atom. The third kappa shape index (κ3) is 1.53. The first-order valence-corrected chi connectivity index (χ1v) is 6.61. The molecular formula is C15H10NO5-. The standard InChI is InChI=1S/C15H11NO5/c17-13-11-9-4-5-10(21-9)12(11)14(18)16(13)8-3-1-2-7(6-8)15(19)20/h1-6,9-12H,(H,19,20)/p-1/t9-,10+,11+,12-. The number of benzene rings is 1. The smallest absolute Gasteiger partial charge is 0.240 e. The van der Waals surface area contributed by atoms with Crippen LogP contribution in [-0.2, 0) is 14.3 Å². The zero-order chi connectivity index (χ0) is 14.7. The molecular weight excluding hydrogens is 274 g/mol. The maximum atomic E-state index is 12.5. The van der Waals surface area contributed by atoms with Crippen molar-refractivity contribution >= 4 is 23.5 Å². The molecule has 3 aliphatic rings. The van der Waals surface area contributed by atoms with E-state index in [1.165, 1.54) is 18.2 Å². The zero-order valence-corrected chi connectivity index (χ0v) is 10.8. The van der Waals surface area contributed by atoms with Crippen molar-refractivity contribution in [3.05, 3.63) is 42.0 Å². The maximum absolute atomic E-state index is 12.5. The molecule has 2 amide bonds. The lowest BCUT2D eigenvalue weighted by molar-refractivity contribution is -0.255. The van der Waals surface area contributed by atoms with Gasteiger partial charge in [-0.15, -0.1) is 0 Å². The van der Waals surface area contributed by atoms with Crippen LogP contribution in [0.15, 0.2) is 36.4 Å². The molecule has 0 aliphatic carbocycles. The van der Waals surface area contributed by atoms with E-state index >= 15 is 0 Å². The van der Waals surface area contributed by atoms with Gasteiger partial charge >= 0.3 is 0 Å². The summed E-state index contributed by atoms with van der Waals surface area (Å²) < 4.78 is 5.54. The minimum Gasteiger partial charge on any atom is -0.545 e. The number of carboxylic acid groups (broad SMARTS) is 1. The van der Waals surface area contributed by atoms with Gasteiger partial charge in [-0.25, -0.2) is 4.90 Å². The molecule has 1 aromatic carbocycles. The number of amides is 2. The van der Waals surface area contributed by atoms with E-state index in [1.807, 2.05) is 0 Å². The van der Waals surface area contributed by atoms with Crippen molar-refractivity contribution in [1.82, 2.24) is 0 Å². The Labute approximate surface area is 119 Å². The summed E-state index contributed by atoms with van der Waals surface area (Å²) >= 11 is 0. The average Bonchev–Trinajstić information content (AvgIpc) is 3.13. The van der Waals surface area contributed by atoms with Gasteiger partial charge in [0.1, 0.15) is 0 Å². The van der Waals surface area contributed by atoms with Crippen LogP contribution in [0.5, 0.6) is 0 Å². The molecule has 2 fully saturated rings. The SMILES string of the molecule is O=C([O-])c1cccc(N2C(=O)[C@@H]3[C@H](C2=O)[C@@H]2C=C[C@H]3O2)c1. The van der Waals surface area contributed by atoms with Gasteiger partial charge in [0, 0.05) is 0 Å². The monoisotopic (exact) mass is 284 g/mol. The summed E-state index contributed by atoms with van der Waals surface area (Å²) in [5.74, 6) is -3.02. The molecule has 3 heterocycles. The summed E-state index contributed by atoms with van der Waals surface area (Å²) in [5.41, 5.74) is 0.197. The van der Waals surface area contributed by atoms with Crippen LogP contribution < -0.4 is 10.0 Å². The lowest BCUT2D eigenvalue weighted by Crippen LogP contribution is -2.34. The predicted molar refractivity (Wildman–Crippen MR) is 68.0 cm³/mol. The van der Waals surface area contributed by atoms with E-state index in [1.54, 1.807) is 18.2 Å². The fourth-order valence-electron chi connectivity index (χ4n) is 3.33. The Morgan fingerprint density at radius 1 is 1.10 bits per heavy atom. The third-order valence-corrected chi connectivity index (χ3v) is 4.25. The number of carbonyl (C=O) groups is 3. The zero-order valence-electron chi connectivity index (χ0n) is 10.8. The molecule has 1 aromatic rings. The fraction of sp³-hybridized carbons (Fsp3) is 0.267. The second kappa shape index (κ2) is 4.02. The van der Waals surface area contributed by atoms with Gasteiger partial charge in [0.05, 0.1) is 35.7 Å². The van der Waals surface area contributed by atoms with Gasteiger partial charge in [-0.1, -0.05) is 24.3 Å². The number of aromatic carboxylic acids is 1. The van der Waals surface area contributed by atoms with E-state index in [0.717, 1.165) is 4.90 Å². The number of fused-ring (bicyclic) bond motifs is 5. The summed E-state index contributed by atoms with van der Waals surface area (Å²) in [6.45, 7) is 0. The molecule has 2 saturated heterocycles. The highest BCUT2D eigenvalue weighted by Gasteiger charge is 2.60. The van der Waals surface area contributed by atoms with Crippen LogP contribution in [0.25, 0.3) is 0 Å². The van der Waals surface area contributed by atoms with Crippen LogP contribution in [-0.4, -0.2) is 30.0 Å². The molecule has 106 valence electrons. The van der Waals surface area contributed by atoms with Crippen LogP contribution in [0.1, 0.15) is 10.4 Å². The molecule has 0 aromatic heterocycles. The highest BCUT2D eigenvalue weighted by atomic mass is 16.5. The van der Waals surface area contributed by atoms with Gasteiger partial charge in [0.25, 0.3) is 0 Å². The quantitative estimate of drug-likeness (QED) is 0.539. The lowest BCUT2D eigenvalue weighted by atomic mass is 9.85. The first-order valence-electron chi connectivity index (χ1n) is 6.61. The van der Waals surface area contributed by atoms with Gasteiger partial charge in [0.15, 0.2) is 0 Å². The number of imide groups is 1. The van der Waals surface area contributed by atoms with Crippen molar-refractivity contribution in [2.24, 2.45) is 11.8 Å². The number of hydrogen-bond donors (Lipinski definition) is 0. The number of rotatable bonds is 2. The van der Waals surface area contributed by atoms with E-state index in [9.17, 15) is 19.5 Å². The molecule has 4 rings (SSSR count). The largest absolute Gasteiger partial charge is 0.545 e. The fourth-order valence-corrected chi connectivity index (χ4v) is 3.33. The maximum Gasteiger partial charge on any atom is 0.240 e. The van der Waals surface area contributed by atoms with Crippen LogP contribution in [0.2, 0.25) is 0 Å². The van der Waals surface area contributed by atoms with Gasteiger partial charge in [-0.05, 0) is 17.7 Å². The molecule has 2 bridgehead atoms. The average molecular weight is 284 g/mol. The van der Waals surface area contributed by atoms with Gasteiger partial charge in [-0.3, -0.25) is 9.59 Å². The highest BCUT2D eigenvalue weighted by molar-refractivity contribution is 6.23. The number of nitrogens with zero attached hydrogens (tertiary/aromatic N) is 1. The van der Waals surface area contributed by atoms with Crippen molar-refractivity contribution < 1.29 is 24.2 Å². The number of carbonyl (C=O) groups excluding carboxylic acids is 3. The molecule has 0 N–H and O–H groups in total. The normalized spacial score (nSPS) is 32.9. The second-order valence-electron chi connectivity index (χ2n) is 5.35. The summed E-state index contributed by atoms with van der Waals surface area (Å²) in [6.07, 6.45) is 2.90.